The summed E-state index contributed by atoms with van der Waals surface area (Å²) in [6.07, 6.45) is 1.47. The molecule has 0 spiro atoms. The molecular weight excluding hydrogens is 766 g/mol. The Morgan fingerprint density at radius 1 is 1.00 bits per heavy atom. The highest BCUT2D eigenvalue weighted by atomic mass is 35.5. The van der Waals surface area contributed by atoms with Crippen molar-refractivity contribution in [2.75, 3.05) is 51.8 Å². The Morgan fingerprint density at radius 3 is 2.33 bits per heavy atom. The summed E-state index contributed by atoms with van der Waals surface area (Å²) >= 11 is 6.54. The molecule has 2 aromatic carbocycles. The Bertz CT molecular complexity index is 2190. The van der Waals surface area contributed by atoms with Gasteiger partial charge in [-0.1, -0.05) is 17.7 Å². The van der Waals surface area contributed by atoms with Crippen molar-refractivity contribution in [3.63, 3.8) is 0 Å². The zero-order chi connectivity index (χ0) is 41.3. The third kappa shape index (κ3) is 8.79. The number of methoxy groups -OCH3 is 1. The lowest BCUT2D eigenvalue weighted by molar-refractivity contribution is -0.137. The van der Waals surface area contributed by atoms with Gasteiger partial charge in [-0.2, -0.15) is 5.10 Å². The molecule has 4 amide bonds. The first-order valence-electron chi connectivity index (χ1n) is 18.4. The number of aromatic nitrogens is 4. The zero-order valence-corrected chi connectivity index (χ0v) is 33.3. The Labute approximate surface area is 333 Å². The van der Waals surface area contributed by atoms with Crippen LogP contribution in [0.2, 0.25) is 5.02 Å². The van der Waals surface area contributed by atoms with E-state index in [2.05, 4.69) is 15.4 Å². The number of nitrogens with one attached hydrogen (secondary N) is 1. The molecule has 304 valence electrons. The number of rotatable bonds is 9. The van der Waals surface area contributed by atoms with Crippen LogP contribution in [0.1, 0.15) is 53.9 Å². The Balaban J connectivity index is 1.08. The highest BCUT2D eigenvalue weighted by Gasteiger charge is 2.43. The van der Waals surface area contributed by atoms with Crippen LogP contribution in [0.3, 0.4) is 0 Å². The number of carbonyl (C=O) groups is 4. The molecule has 2 atom stereocenters. The van der Waals surface area contributed by atoms with Crippen molar-refractivity contribution in [1.29, 1.82) is 0 Å². The monoisotopic (exact) mass is 810 g/mol. The lowest BCUT2D eigenvalue weighted by atomic mass is 10.0. The van der Waals surface area contributed by atoms with Crippen LogP contribution in [-0.2, 0) is 27.9 Å². The van der Waals surface area contributed by atoms with Gasteiger partial charge in [-0.05, 0) is 52.0 Å². The van der Waals surface area contributed by atoms with E-state index in [0.717, 1.165) is 0 Å². The number of benzene rings is 2. The zero-order valence-electron chi connectivity index (χ0n) is 32.5. The van der Waals surface area contributed by atoms with Crippen molar-refractivity contribution in [2.45, 2.75) is 58.4 Å². The quantitative estimate of drug-likeness (QED) is 0.243. The highest BCUT2D eigenvalue weighted by molar-refractivity contribution is 6.34. The van der Waals surface area contributed by atoms with Crippen LogP contribution >= 0.6 is 11.6 Å². The van der Waals surface area contributed by atoms with E-state index in [4.69, 9.17) is 21.1 Å². The number of anilines is 1. The number of aliphatic hydroxyl groups is 1. The summed E-state index contributed by atoms with van der Waals surface area (Å²) in [5.74, 6) is -3.62. The van der Waals surface area contributed by atoms with E-state index in [9.17, 15) is 24.3 Å². The maximum atomic E-state index is 15.6. The molecule has 57 heavy (non-hydrogen) atoms. The van der Waals surface area contributed by atoms with Crippen molar-refractivity contribution in [2.24, 2.45) is 7.05 Å². The third-order valence-corrected chi connectivity index (χ3v) is 10.2. The molecule has 4 heterocycles. The normalized spacial score (nSPS) is 17.3. The van der Waals surface area contributed by atoms with Gasteiger partial charge in [-0.15, -0.1) is 0 Å². The largest absolute Gasteiger partial charge is 0.444 e. The van der Waals surface area contributed by atoms with E-state index >= 15 is 8.78 Å². The van der Waals surface area contributed by atoms with Gasteiger partial charge in [0.15, 0.2) is 17.5 Å². The maximum absolute atomic E-state index is 15.6. The van der Waals surface area contributed by atoms with Crippen LogP contribution in [0.5, 0.6) is 0 Å². The molecular formula is C39H45ClF2N8O7. The molecule has 6 rings (SSSR count). The number of halogens is 3. The average molecular weight is 811 g/mol. The van der Waals surface area contributed by atoms with Crippen molar-refractivity contribution in [3.8, 4) is 22.4 Å². The SMILES string of the molecule is COCCn1cc(-c2ccc(-c3cnc(C(=O)Nc4ccc(C(=O)N5CCN(C(=O)C6CC(O)CN6C(=O)OC(C)(C)C)CC5)c(Cl)c4)n3C)c(F)c2F)c(C)n1. The van der Waals surface area contributed by atoms with Crippen LogP contribution in [0.25, 0.3) is 22.4 Å². The van der Waals surface area contributed by atoms with Crippen LogP contribution in [0.15, 0.2) is 42.7 Å². The van der Waals surface area contributed by atoms with Gasteiger partial charge >= 0.3 is 6.09 Å². The maximum Gasteiger partial charge on any atom is 0.411 e. The summed E-state index contributed by atoms with van der Waals surface area (Å²) < 4.78 is 44.5. The van der Waals surface area contributed by atoms with E-state index < -0.39 is 41.4 Å². The molecule has 18 heteroatoms. The second-order valence-corrected chi connectivity index (χ2v) is 15.4. The molecule has 4 aromatic rings. The number of nitrogens with zero attached hydrogens (tertiary/aromatic N) is 7. The first-order valence-corrected chi connectivity index (χ1v) is 18.7. The second-order valence-electron chi connectivity index (χ2n) is 15.0. The molecule has 0 radical (unpaired) electrons. The molecule has 0 bridgehead atoms. The first-order chi connectivity index (χ1) is 27.0. The number of hydrogen-bond acceptors (Lipinski definition) is 9. The molecule has 2 aliphatic rings. The van der Waals surface area contributed by atoms with Gasteiger partial charge in [-0.3, -0.25) is 24.0 Å². The smallest absolute Gasteiger partial charge is 0.411 e. The standard InChI is InChI=1S/C39H45ClF2N8O7/c1-22-28(21-49(45-22)15-16-56-6)25-9-10-27(33(42)32(25)41)31-19-43-34(46(31)5)35(52)44-23-7-8-26(29(40)17-23)36(53)47-11-13-48(14-12-47)37(54)30-18-24(51)20-50(30)38(55)57-39(2,3)4/h7-10,17,19,21,24,30,51H,11-16,18,20H2,1-6H3,(H,44,52). The van der Waals surface area contributed by atoms with Gasteiger partial charge in [0.2, 0.25) is 5.91 Å². The Morgan fingerprint density at radius 2 is 1.67 bits per heavy atom. The fourth-order valence-corrected chi connectivity index (χ4v) is 7.20. The third-order valence-electron chi connectivity index (χ3n) is 9.84. The average Bonchev–Trinajstić information content (AvgIpc) is 3.86. The second kappa shape index (κ2) is 16.6. The van der Waals surface area contributed by atoms with Crippen molar-refractivity contribution < 1.29 is 42.5 Å². The number of ether oxygens (including phenoxy) is 2. The number of likely N-dealkylation sites (tertiary alicyclic amines) is 1. The predicted octanol–water partition coefficient (Wildman–Crippen LogP) is 4.74. The summed E-state index contributed by atoms with van der Waals surface area (Å²) in [5.41, 5.74) is 0.759. The number of carbonyl (C=O) groups excluding carboxylic acids is 4. The van der Waals surface area contributed by atoms with Gasteiger partial charge in [0.05, 0.1) is 54.0 Å². The van der Waals surface area contributed by atoms with E-state index in [0.29, 0.717) is 24.4 Å². The lowest BCUT2D eigenvalue weighted by Gasteiger charge is -2.37. The summed E-state index contributed by atoms with van der Waals surface area (Å²) in [6, 6.07) is 6.40. The van der Waals surface area contributed by atoms with Crippen LogP contribution < -0.4 is 5.32 Å². The number of aliphatic hydroxyl groups excluding tert-OH is 1. The Kier molecular flexibility index (Phi) is 12.0. The van der Waals surface area contributed by atoms with E-state index in [1.807, 2.05) is 0 Å². The van der Waals surface area contributed by atoms with Gasteiger partial charge in [-0.25, -0.2) is 18.6 Å². The number of β-amino-alcohol motifs (C(OH)–C–C–N with tert-alkyl or cyclic N) is 1. The van der Waals surface area contributed by atoms with Crippen LogP contribution in [0.4, 0.5) is 19.3 Å². The minimum absolute atomic E-state index is 0.0115. The molecule has 2 aliphatic heterocycles. The molecule has 2 saturated heterocycles. The number of amides is 4. The van der Waals surface area contributed by atoms with E-state index in [1.165, 1.54) is 53.0 Å². The Hall–Kier alpha value is -5.39. The van der Waals surface area contributed by atoms with Gasteiger partial charge < -0.3 is 34.3 Å². The molecule has 0 aliphatic carbocycles. The van der Waals surface area contributed by atoms with Gasteiger partial charge in [0, 0.05) is 75.3 Å². The van der Waals surface area contributed by atoms with Crippen molar-refractivity contribution in [1.82, 2.24) is 34.0 Å². The molecule has 2 fully saturated rings. The predicted molar refractivity (Wildman–Crippen MR) is 206 cm³/mol. The molecule has 15 nitrogen and oxygen atoms in total. The minimum atomic E-state index is -1.11. The number of hydrogen-bond donors (Lipinski definition) is 2. The van der Waals surface area contributed by atoms with Gasteiger partial charge in [0.1, 0.15) is 11.6 Å². The summed E-state index contributed by atoms with van der Waals surface area (Å²) in [4.78, 5) is 61.5. The van der Waals surface area contributed by atoms with Crippen molar-refractivity contribution in [3.05, 3.63) is 76.5 Å². The van der Waals surface area contributed by atoms with Crippen LogP contribution in [-0.4, -0.2) is 127 Å². The van der Waals surface area contributed by atoms with Gasteiger partial charge in [0.25, 0.3) is 11.8 Å². The van der Waals surface area contributed by atoms with Crippen LogP contribution in [0, 0.1) is 18.6 Å². The topological polar surface area (TPSA) is 164 Å². The summed E-state index contributed by atoms with van der Waals surface area (Å²) in [6.45, 7) is 8.53. The van der Waals surface area contributed by atoms with E-state index in [1.54, 1.807) is 55.5 Å². The summed E-state index contributed by atoms with van der Waals surface area (Å²) in [5, 5.41) is 17.4. The molecule has 0 saturated carbocycles. The number of aryl methyl sites for hydroxylation is 1. The molecule has 2 aromatic heterocycles. The van der Waals surface area contributed by atoms with E-state index in [-0.39, 0.29) is 89.9 Å². The first kappa shape index (κ1) is 41.2. The highest BCUT2D eigenvalue weighted by Crippen LogP contribution is 2.33. The lowest BCUT2D eigenvalue weighted by Crippen LogP contribution is -2.55. The summed E-state index contributed by atoms with van der Waals surface area (Å²) in [7, 11) is 3.06. The van der Waals surface area contributed by atoms with Crippen molar-refractivity contribution >= 4 is 41.1 Å². The fraction of sp³-hybridized carbons (Fsp3) is 0.436. The molecule has 2 N–H and O–H groups in total. The minimum Gasteiger partial charge on any atom is -0.444 e. The molecule has 2 unspecified atom stereocenters. The fourth-order valence-electron chi connectivity index (χ4n) is 6.94. The number of imidazole rings is 1. The number of piperazine rings is 1.